The lowest BCUT2D eigenvalue weighted by Gasteiger charge is -2.26. The minimum atomic E-state index is -0.133. The second kappa shape index (κ2) is 8.08. The molecular weight excluding hydrogens is 392 g/mol. The number of para-hydroxylation sites is 2. The minimum absolute atomic E-state index is 0.0505. The fraction of sp³-hybridized carbons (Fsp3) is 0.143. The fourth-order valence-corrected chi connectivity index (χ4v) is 4.88. The first-order chi connectivity index (χ1) is 13.7. The summed E-state index contributed by atoms with van der Waals surface area (Å²) in [5, 5.41) is 4.64. The van der Waals surface area contributed by atoms with E-state index in [-0.39, 0.29) is 17.2 Å². The molecule has 0 saturated carbocycles. The molecule has 7 heteroatoms. The Hall–Kier alpha value is -2.77. The SMILES string of the molecule is COc1ccccc1N1C(=O)CSC1c1ccc(NC(=O)c2cccs2)cc1. The molecule has 2 heterocycles. The molecule has 0 bridgehead atoms. The second-order valence-electron chi connectivity index (χ2n) is 6.15. The average molecular weight is 411 g/mol. The topological polar surface area (TPSA) is 58.6 Å². The van der Waals surface area contributed by atoms with Gasteiger partial charge < -0.3 is 10.1 Å². The van der Waals surface area contributed by atoms with Gasteiger partial charge in [-0.3, -0.25) is 14.5 Å². The summed E-state index contributed by atoms with van der Waals surface area (Å²) in [5.74, 6) is 1.01. The minimum Gasteiger partial charge on any atom is -0.495 e. The van der Waals surface area contributed by atoms with Crippen molar-refractivity contribution in [2.75, 3.05) is 23.1 Å². The van der Waals surface area contributed by atoms with Gasteiger partial charge in [0, 0.05) is 5.69 Å². The molecule has 1 saturated heterocycles. The average Bonchev–Trinajstić information content (AvgIpc) is 3.39. The van der Waals surface area contributed by atoms with Gasteiger partial charge in [-0.25, -0.2) is 0 Å². The van der Waals surface area contributed by atoms with Crippen molar-refractivity contribution < 1.29 is 14.3 Å². The highest BCUT2D eigenvalue weighted by Gasteiger charge is 2.35. The molecule has 4 rings (SSSR count). The Labute approximate surface area is 171 Å². The van der Waals surface area contributed by atoms with Crippen LogP contribution in [0.2, 0.25) is 0 Å². The van der Waals surface area contributed by atoms with Crippen LogP contribution in [0.25, 0.3) is 0 Å². The van der Waals surface area contributed by atoms with Gasteiger partial charge in [-0.05, 0) is 41.3 Å². The Balaban J connectivity index is 1.56. The van der Waals surface area contributed by atoms with Gasteiger partial charge in [0.2, 0.25) is 5.91 Å². The number of amides is 2. The number of anilines is 2. The number of rotatable bonds is 5. The van der Waals surface area contributed by atoms with Crippen LogP contribution < -0.4 is 15.0 Å². The van der Waals surface area contributed by atoms with Crippen molar-refractivity contribution in [3.8, 4) is 5.75 Å². The van der Waals surface area contributed by atoms with E-state index in [9.17, 15) is 9.59 Å². The number of thioether (sulfide) groups is 1. The number of hydrogen-bond acceptors (Lipinski definition) is 5. The molecule has 5 nitrogen and oxygen atoms in total. The first-order valence-corrected chi connectivity index (χ1v) is 10.6. The molecule has 28 heavy (non-hydrogen) atoms. The van der Waals surface area contributed by atoms with Gasteiger partial charge in [0.15, 0.2) is 0 Å². The maximum absolute atomic E-state index is 12.6. The number of carbonyl (C=O) groups excluding carboxylic acids is 2. The summed E-state index contributed by atoms with van der Waals surface area (Å²) < 4.78 is 5.44. The molecule has 1 aromatic heterocycles. The normalized spacial score (nSPS) is 16.2. The quantitative estimate of drug-likeness (QED) is 0.657. The molecule has 2 aromatic carbocycles. The summed E-state index contributed by atoms with van der Waals surface area (Å²) in [5.41, 5.74) is 2.48. The van der Waals surface area contributed by atoms with Crippen molar-refractivity contribution in [1.29, 1.82) is 0 Å². The first kappa shape index (κ1) is 18.6. The highest BCUT2D eigenvalue weighted by atomic mass is 32.2. The number of hydrogen-bond donors (Lipinski definition) is 1. The van der Waals surface area contributed by atoms with Crippen molar-refractivity contribution in [2.45, 2.75) is 5.37 Å². The summed E-state index contributed by atoms with van der Waals surface area (Å²) >= 11 is 2.98. The third kappa shape index (κ3) is 3.63. The Kier molecular flexibility index (Phi) is 5.36. The van der Waals surface area contributed by atoms with Crippen molar-refractivity contribution in [1.82, 2.24) is 0 Å². The van der Waals surface area contributed by atoms with E-state index >= 15 is 0 Å². The molecule has 1 unspecified atom stereocenters. The number of methoxy groups -OCH3 is 1. The van der Waals surface area contributed by atoms with Crippen LogP contribution in [0.4, 0.5) is 11.4 Å². The lowest BCUT2D eigenvalue weighted by molar-refractivity contribution is -0.115. The van der Waals surface area contributed by atoms with Crippen molar-refractivity contribution in [2.24, 2.45) is 0 Å². The standard InChI is InChI=1S/C21H18N2O3S2/c1-26-17-6-3-2-5-16(17)23-19(24)13-28-21(23)14-8-10-15(11-9-14)22-20(25)18-7-4-12-27-18/h2-12,21H,13H2,1H3,(H,22,25). The molecule has 0 spiro atoms. The summed E-state index contributed by atoms with van der Waals surface area (Å²) in [6, 6.07) is 18.8. The van der Waals surface area contributed by atoms with Crippen LogP contribution in [0.1, 0.15) is 20.6 Å². The van der Waals surface area contributed by atoms with Gasteiger partial charge in [-0.15, -0.1) is 23.1 Å². The predicted octanol–water partition coefficient (Wildman–Crippen LogP) is 4.79. The van der Waals surface area contributed by atoms with E-state index in [1.54, 1.807) is 29.8 Å². The fourth-order valence-electron chi connectivity index (χ4n) is 3.09. The molecule has 0 aliphatic carbocycles. The van der Waals surface area contributed by atoms with Crippen LogP contribution in [0.5, 0.6) is 5.75 Å². The smallest absolute Gasteiger partial charge is 0.265 e. The van der Waals surface area contributed by atoms with Crippen LogP contribution in [0, 0.1) is 0 Å². The van der Waals surface area contributed by atoms with E-state index in [0.29, 0.717) is 16.4 Å². The van der Waals surface area contributed by atoms with Gasteiger partial charge in [0.1, 0.15) is 11.1 Å². The van der Waals surface area contributed by atoms with Crippen LogP contribution in [-0.2, 0) is 4.79 Å². The molecule has 3 aromatic rings. The largest absolute Gasteiger partial charge is 0.495 e. The van der Waals surface area contributed by atoms with Gasteiger partial charge in [0.25, 0.3) is 5.91 Å². The van der Waals surface area contributed by atoms with E-state index < -0.39 is 0 Å². The molecule has 1 aliphatic rings. The van der Waals surface area contributed by atoms with Gasteiger partial charge in [-0.2, -0.15) is 0 Å². The molecule has 2 amide bonds. The Morgan fingerprint density at radius 2 is 1.89 bits per heavy atom. The Morgan fingerprint density at radius 1 is 1.11 bits per heavy atom. The molecular formula is C21H18N2O3S2. The van der Waals surface area contributed by atoms with Crippen molar-refractivity contribution in [3.05, 3.63) is 76.5 Å². The highest BCUT2D eigenvalue weighted by Crippen LogP contribution is 2.44. The first-order valence-electron chi connectivity index (χ1n) is 8.69. The molecule has 0 radical (unpaired) electrons. The third-order valence-corrected chi connectivity index (χ3v) is 6.49. The maximum Gasteiger partial charge on any atom is 0.265 e. The Bertz CT molecular complexity index is 987. The second-order valence-corrected chi connectivity index (χ2v) is 8.17. The maximum atomic E-state index is 12.6. The number of nitrogens with one attached hydrogen (secondary N) is 1. The van der Waals surface area contributed by atoms with Gasteiger partial charge in [-0.1, -0.05) is 30.3 Å². The van der Waals surface area contributed by atoms with Gasteiger partial charge >= 0.3 is 0 Å². The summed E-state index contributed by atoms with van der Waals surface area (Å²) in [6.45, 7) is 0. The van der Waals surface area contributed by atoms with Crippen LogP contribution in [0.15, 0.2) is 66.0 Å². The number of ether oxygens (including phenoxy) is 1. The van der Waals surface area contributed by atoms with E-state index in [1.165, 1.54) is 11.3 Å². The van der Waals surface area contributed by atoms with E-state index in [4.69, 9.17) is 4.74 Å². The monoisotopic (exact) mass is 410 g/mol. The molecule has 1 N–H and O–H groups in total. The molecule has 1 fully saturated rings. The highest BCUT2D eigenvalue weighted by molar-refractivity contribution is 8.00. The van der Waals surface area contributed by atoms with E-state index in [0.717, 1.165) is 16.9 Å². The van der Waals surface area contributed by atoms with Gasteiger partial charge in [0.05, 0.1) is 23.4 Å². The Morgan fingerprint density at radius 3 is 2.61 bits per heavy atom. The summed E-state index contributed by atoms with van der Waals surface area (Å²) in [6.07, 6.45) is 0. The number of benzene rings is 2. The van der Waals surface area contributed by atoms with Crippen molar-refractivity contribution >= 4 is 46.3 Å². The summed E-state index contributed by atoms with van der Waals surface area (Å²) in [7, 11) is 1.60. The van der Waals surface area contributed by atoms with Crippen LogP contribution in [-0.4, -0.2) is 24.7 Å². The number of nitrogens with zero attached hydrogens (tertiary/aromatic N) is 1. The van der Waals surface area contributed by atoms with E-state index in [1.807, 2.05) is 60.0 Å². The van der Waals surface area contributed by atoms with Crippen LogP contribution >= 0.6 is 23.1 Å². The molecule has 1 aliphatic heterocycles. The lowest BCUT2D eigenvalue weighted by Crippen LogP contribution is -2.28. The predicted molar refractivity (Wildman–Crippen MR) is 114 cm³/mol. The third-order valence-electron chi connectivity index (χ3n) is 4.41. The van der Waals surface area contributed by atoms with E-state index in [2.05, 4.69) is 5.32 Å². The number of carbonyl (C=O) groups is 2. The zero-order chi connectivity index (χ0) is 19.5. The lowest BCUT2D eigenvalue weighted by atomic mass is 10.1. The molecule has 142 valence electrons. The zero-order valence-electron chi connectivity index (χ0n) is 15.1. The van der Waals surface area contributed by atoms with Crippen LogP contribution in [0.3, 0.4) is 0 Å². The zero-order valence-corrected chi connectivity index (χ0v) is 16.8. The summed E-state index contributed by atoms with van der Waals surface area (Å²) in [4.78, 5) is 27.2. The molecule has 1 atom stereocenters. The number of thiophene rings is 1. The van der Waals surface area contributed by atoms with Crippen molar-refractivity contribution in [3.63, 3.8) is 0 Å².